The Hall–Kier alpha value is -3.02. The maximum atomic E-state index is 12.1. The first-order valence-corrected chi connectivity index (χ1v) is 7.86. The summed E-state index contributed by atoms with van der Waals surface area (Å²) >= 11 is 0. The summed E-state index contributed by atoms with van der Waals surface area (Å²) in [6, 6.07) is 12.9. The zero-order valence-electron chi connectivity index (χ0n) is 14.6. The van der Waals surface area contributed by atoms with E-state index in [9.17, 15) is 9.59 Å². The van der Waals surface area contributed by atoms with Gasteiger partial charge in [-0.15, -0.1) is 0 Å². The molecule has 0 atom stereocenters. The molecule has 6 heteroatoms. The number of aryl methyl sites for hydroxylation is 1. The minimum Gasteiger partial charge on any atom is -0.497 e. The third kappa shape index (κ3) is 5.53. The predicted molar refractivity (Wildman–Crippen MR) is 95.8 cm³/mol. The van der Waals surface area contributed by atoms with Crippen LogP contribution in [0.3, 0.4) is 0 Å². The molecular weight excluding hydrogens is 320 g/mol. The van der Waals surface area contributed by atoms with Crippen LogP contribution < -0.4 is 20.1 Å². The highest BCUT2D eigenvalue weighted by atomic mass is 16.5. The first-order chi connectivity index (χ1) is 12.0. The molecule has 132 valence electrons. The molecule has 0 saturated heterocycles. The molecular formula is C19H22N2O4. The largest absolute Gasteiger partial charge is 0.497 e. The van der Waals surface area contributed by atoms with E-state index in [0.29, 0.717) is 23.7 Å². The van der Waals surface area contributed by atoms with Crippen molar-refractivity contribution in [3.05, 3.63) is 53.6 Å². The van der Waals surface area contributed by atoms with Crippen molar-refractivity contribution < 1.29 is 19.1 Å². The van der Waals surface area contributed by atoms with Crippen molar-refractivity contribution in [1.29, 1.82) is 0 Å². The lowest BCUT2D eigenvalue weighted by Crippen LogP contribution is -2.27. The Kier molecular flexibility index (Phi) is 6.39. The van der Waals surface area contributed by atoms with Crippen LogP contribution in [0.25, 0.3) is 0 Å². The van der Waals surface area contributed by atoms with E-state index in [1.807, 2.05) is 31.2 Å². The molecule has 0 unspecified atom stereocenters. The van der Waals surface area contributed by atoms with E-state index in [1.54, 1.807) is 18.2 Å². The molecule has 2 rings (SSSR count). The fraction of sp³-hybridized carbons (Fsp3) is 0.263. The summed E-state index contributed by atoms with van der Waals surface area (Å²) in [5.41, 5.74) is 2.57. The fourth-order valence-corrected chi connectivity index (χ4v) is 2.34. The van der Waals surface area contributed by atoms with E-state index in [0.717, 1.165) is 11.1 Å². The lowest BCUT2D eigenvalue weighted by molar-refractivity contribution is -0.126. The van der Waals surface area contributed by atoms with E-state index in [2.05, 4.69) is 10.6 Å². The van der Waals surface area contributed by atoms with Crippen LogP contribution in [0, 0.1) is 6.92 Å². The summed E-state index contributed by atoms with van der Waals surface area (Å²) in [5.74, 6) is 0.309. The summed E-state index contributed by atoms with van der Waals surface area (Å²) in [4.78, 5) is 24.0. The van der Waals surface area contributed by atoms with E-state index < -0.39 is 5.91 Å². The monoisotopic (exact) mass is 342 g/mol. The van der Waals surface area contributed by atoms with Crippen molar-refractivity contribution in [2.45, 2.75) is 19.9 Å². The van der Waals surface area contributed by atoms with E-state index in [1.165, 1.54) is 14.2 Å². The van der Waals surface area contributed by atoms with Crippen LogP contribution in [0.5, 0.6) is 11.5 Å². The van der Waals surface area contributed by atoms with Gasteiger partial charge < -0.3 is 20.1 Å². The number of hydrogen-bond acceptors (Lipinski definition) is 4. The second-order valence-corrected chi connectivity index (χ2v) is 5.56. The van der Waals surface area contributed by atoms with Crippen molar-refractivity contribution >= 4 is 17.5 Å². The van der Waals surface area contributed by atoms with Crippen molar-refractivity contribution in [3.8, 4) is 11.5 Å². The number of amides is 2. The Morgan fingerprint density at radius 3 is 2.48 bits per heavy atom. The maximum absolute atomic E-state index is 12.1. The quantitative estimate of drug-likeness (QED) is 0.759. The molecule has 25 heavy (non-hydrogen) atoms. The Morgan fingerprint density at radius 1 is 1.00 bits per heavy atom. The summed E-state index contributed by atoms with van der Waals surface area (Å²) in [5, 5.41) is 5.41. The number of rotatable bonds is 7. The van der Waals surface area contributed by atoms with Gasteiger partial charge in [0.1, 0.15) is 17.9 Å². The van der Waals surface area contributed by atoms with Gasteiger partial charge in [-0.25, -0.2) is 0 Å². The van der Waals surface area contributed by atoms with Crippen LogP contribution in [-0.4, -0.2) is 26.0 Å². The lowest BCUT2D eigenvalue weighted by Gasteiger charge is -2.12. The third-order valence-corrected chi connectivity index (χ3v) is 3.57. The van der Waals surface area contributed by atoms with Gasteiger partial charge in [0.2, 0.25) is 11.8 Å². The van der Waals surface area contributed by atoms with Crippen LogP contribution in [0.2, 0.25) is 0 Å². The molecule has 2 aromatic rings. The smallest absolute Gasteiger partial charge is 0.233 e. The average Bonchev–Trinajstić information content (AvgIpc) is 2.60. The van der Waals surface area contributed by atoms with Gasteiger partial charge in [-0.1, -0.05) is 29.8 Å². The lowest BCUT2D eigenvalue weighted by atomic mass is 10.1. The van der Waals surface area contributed by atoms with E-state index >= 15 is 0 Å². The van der Waals surface area contributed by atoms with Crippen LogP contribution in [0.4, 0.5) is 5.69 Å². The standard InChI is InChI=1S/C19H22N2O4/c1-13-5-4-6-14(9-13)12-20-18(22)11-19(23)21-16-10-15(24-2)7-8-17(16)25-3/h4-10H,11-12H2,1-3H3,(H,20,22)(H,21,23). The Bertz CT molecular complexity index is 759. The van der Waals surface area contributed by atoms with Crippen LogP contribution in [-0.2, 0) is 16.1 Å². The number of carbonyl (C=O) groups excluding carboxylic acids is 2. The van der Waals surface area contributed by atoms with Gasteiger partial charge in [0.25, 0.3) is 0 Å². The van der Waals surface area contributed by atoms with Gasteiger partial charge in [0.05, 0.1) is 19.9 Å². The normalized spacial score (nSPS) is 10.0. The van der Waals surface area contributed by atoms with Crippen LogP contribution >= 0.6 is 0 Å². The van der Waals surface area contributed by atoms with Gasteiger partial charge in [-0.05, 0) is 24.6 Å². The minimum absolute atomic E-state index is 0.272. The summed E-state index contributed by atoms with van der Waals surface area (Å²) in [7, 11) is 3.04. The number of ether oxygens (including phenoxy) is 2. The zero-order valence-corrected chi connectivity index (χ0v) is 14.6. The third-order valence-electron chi connectivity index (χ3n) is 3.57. The Balaban J connectivity index is 1.90. The Morgan fingerprint density at radius 2 is 1.80 bits per heavy atom. The maximum Gasteiger partial charge on any atom is 0.233 e. The molecule has 2 amide bonds. The molecule has 6 nitrogen and oxygen atoms in total. The zero-order chi connectivity index (χ0) is 18.2. The van der Waals surface area contributed by atoms with Crippen molar-refractivity contribution in [2.24, 2.45) is 0 Å². The van der Waals surface area contributed by atoms with Gasteiger partial charge in [-0.2, -0.15) is 0 Å². The molecule has 0 aromatic heterocycles. The molecule has 2 aromatic carbocycles. The number of anilines is 1. The molecule has 0 aliphatic carbocycles. The minimum atomic E-state index is -0.423. The van der Waals surface area contributed by atoms with Crippen molar-refractivity contribution in [1.82, 2.24) is 5.32 Å². The molecule has 0 spiro atoms. The van der Waals surface area contributed by atoms with E-state index in [4.69, 9.17) is 9.47 Å². The average molecular weight is 342 g/mol. The first kappa shape index (κ1) is 18.3. The molecule has 0 saturated carbocycles. The molecule has 2 N–H and O–H groups in total. The molecule has 0 aliphatic rings. The number of methoxy groups -OCH3 is 2. The SMILES string of the molecule is COc1ccc(OC)c(NC(=O)CC(=O)NCc2cccc(C)c2)c1. The number of hydrogen-bond donors (Lipinski definition) is 2. The Labute approximate surface area is 147 Å². The van der Waals surface area contributed by atoms with Crippen molar-refractivity contribution in [3.63, 3.8) is 0 Å². The summed E-state index contributed by atoms with van der Waals surface area (Å²) in [6.45, 7) is 2.37. The first-order valence-electron chi connectivity index (χ1n) is 7.86. The second-order valence-electron chi connectivity index (χ2n) is 5.56. The molecule has 0 fully saturated rings. The molecule has 0 heterocycles. The molecule has 0 bridgehead atoms. The highest BCUT2D eigenvalue weighted by Gasteiger charge is 2.13. The predicted octanol–water partition coefficient (Wildman–Crippen LogP) is 2.66. The van der Waals surface area contributed by atoms with Gasteiger partial charge >= 0.3 is 0 Å². The summed E-state index contributed by atoms with van der Waals surface area (Å²) < 4.78 is 10.3. The van der Waals surface area contributed by atoms with Crippen molar-refractivity contribution in [2.75, 3.05) is 19.5 Å². The van der Waals surface area contributed by atoms with Gasteiger partial charge in [0.15, 0.2) is 0 Å². The number of benzene rings is 2. The molecule has 0 radical (unpaired) electrons. The topological polar surface area (TPSA) is 76.7 Å². The highest BCUT2D eigenvalue weighted by Crippen LogP contribution is 2.28. The number of carbonyl (C=O) groups is 2. The fourth-order valence-electron chi connectivity index (χ4n) is 2.34. The number of nitrogens with one attached hydrogen (secondary N) is 2. The highest BCUT2D eigenvalue weighted by molar-refractivity contribution is 6.04. The van der Waals surface area contributed by atoms with Gasteiger partial charge in [-0.3, -0.25) is 9.59 Å². The van der Waals surface area contributed by atoms with Crippen LogP contribution in [0.1, 0.15) is 17.5 Å². The van der Waals surface area contributed by atoms with E-state index in [-0.39, 0.29) is 12.3 Å². The molecule has 0 aliphatic heterocycles. The van der Waals surface area contributed by atoms with Crippen LogP contribution in [0.15, 0.2) is 42.5 Å². The second kappa shape index (κ2) is 8.73. The van der Waals surface area contributed by atoms with Gasteiger partial charge in [0, 0.05) is 12.6 Å². The summed E-state index contributed by atoms with van der Waals surface area (Å²) in [6.07, 6.45) is -0.272.